The predicted molar refractivity (Wildman–Crippen MR) is 48.9 cm³/mol. The summed E-state index contributed by atoms with van der Waals surface area (Å²) in [7, 11) is -2.17. The number of nitrogens with zero attached hydrogens (tertiary/aromatic N) is 1. The van der Waals surface area contributed by atoms with Crippen LogP contribution in [0.2, 0.25) is 0 Å². The van der Waals surface area contributed by atoms with Crippen molar-refractivity contribution in [3.05, 3.63) is 0 Å². The zero-order valence-corrected chi connectivity index (χ0v) is 9.00. The molecular weight excluding hydrogens is 194 g/mol. The van der Waals surface area contributed by atoms with E-state index < -0.39 is 22.0 Å². The molecule has 13 heavy (non-hydrogen) atoms. The Balaban J connectivity index is 4.88. The van der Waals surface area contributed by atoms with E-state index in [0.717, 1.165) is 10.6 Å². The van der Waals surface area contributed by atoms with Crippen LogP contribution in [0.5, 0.6) is 0 Å². The summed E-state index contributed by atoms with van der Waals surface area (Å²) in [5.74, 6) is -1.37. The van der Waals surface area contributed by atoms with Crippen molar-refractivity contribution in [3.63, 3.8) is 0 Å². The Bertz CT molecular complexity index is 283. The predicted octanol–water partition coefficient (Wildman–Crippen LogP) is -0.0130. The molecule has 0 radical (unpaired) electrons. The van der Waals surface area contributed by atoms with E-state index in [-0.39, 0.29) is 5.92 Å². The maximum atomic E-state index is 11.0. The van der Waals surface area contributed by atoms with Gasteiger partial charge in [0.05, 0.1) is 6.26 Å². The van der Waals surface area contributed by atoms with Crippen LogP contribution in [0.15, 0.2) is 0 Å². The molecule has 0 aliphatic rings. The normalized spacial score (nSPS) is 14.9. The number of rotatable bonds is 4. The molecule has 0 aromatic rings. The fraction of sp³-hybridized carbons (Fsp3) is 0.857. The summed E-state index contributed by atoms with van der Waals surface area (Å²) in [5, 5.41) is 8.77. The lowest BCUT2D eigenvalue weighted by atomic mass is 10.1. The highest BCUT2D eigenvalue weighted by molar-refractivity contribution is 7.88. The van der Waals surface area contributed by atoms with Gasteiger partial charge in [-0.3, -0.25) is 4.79 Å². The third kappa shape index (κ3) is 3.31. The van der Waals surface area contributed by atoms with Crippen LogP contribution in [-0.4, -0.2) is 43.1 Å². The molecule has 0 spiro atoms. The Morgan fingerprint density at radius 2 is 1.77 bits per heavy atom. The van der Waals surface area contributed by atoms with Gasteiger partial charge in [0, 0.05) is 7.05 Å². The molecule has 0 aliphatic heterocycles. The third-order valence-electron chi connectivity index (χ3n) is 1.80. The van der Waals surface area contributed by atoms with Gasteiger partial charge in [-0.15, -0.1) is 0 Å². The number of carbonyl (C=O) groups is 1. The summed E-state index contributed by atoms with van der Waals surface area (Å²) in [6.07, 6.45) is 0.991. The van der Waals surface area contributed by atoms with Gasteiger partial charge in [-0.1, -0.05) is 13.8 Å². The highest BCUT2D eigenvalue weighted by Crippen LogP contribution is 2.12. The first kappa shape index (κ1) is 12.4. The maximum Gasteiger partial charge on any atom is 0.322 e. The number of carboxylic acid groups (broad SMARTS) is 1. The van der Waals surface area contributed by atoms with E-state index in [9.17, 15) is 13.2 Å². The lowest BCUT2D eigenvalue weighted by molar-refractivity contribution is -0.142. The number of hydrogen-bond donors (Lipinski definition) is 1. The minimum absolute atomic E-state index is 0.253. The highest BCUT2D eigenvalue weighted by atomic mass is 32.2. The molecule has 1 N–H and O–H groups in total. The number of aliphatic carboxylic acids is 1. The highest BCUT2D eigenvalue weighted by Gasteiger charge is 2.31. The summed E-state index contributed by atoms with van der Waals surface area (Å²) >= 11 is 0. The lowest BCUT2D eigenvalue weighted by Crippen LogP contribution is -2.45. The SMILES string of the molecule is CC(C)[C@@H](C(=O)O)N(C)S(C)(=O)=O. The quantitative estimate of drug-likeness (QED) is 0.706. The van der Waals surface area contributed by atoms with Crippen molar-refractivity contribution in [1.82, 2.24) is 4.31 Å². The Kier molecular flexibility index (Phi) is 3.87. The van der Waals surface area contributed by atoms with Crippen LogP contribution in [0.1, 0.15) is 13.8 Å². The smallest absolute Gasteiger partial charge is 0.322 e. The van der Waals surface area contributed by atoms with E-state index >= 15 is 0 Å². The van der Waals surface area contributed by atoms with Gasteiger partial charge >= 0.3 is 5.97 Å². The standard InChI is InChI=1S/C7H15NO4S/c1-5(2)6(7(9)10)8(3)13(4,11)12/h5-6H,1-4H3,(H,9,10)/t6-/m0/s1. The van der Waals surface area contributed by atoms with Crippen LogP contribution in [0.3, 0.4) is 0 Å². The van der Waals surface area contributed by atoms with Crippen LogP contribution >= 0.6 is 0 Å². The van der Waals surface area contributed by atoms with Crippen molar-refractivity contribution in [3.8, 4) is 0 Å². The van der Waals surface area contributed by atoms with Gasteiger partial charge in [-0.05, 0) is 5.92 Å². The molecule has 0 unspecified atom stereocenters. The Morgan fingerprint density at radius 1 is 1.38 bits per heavy atom. The molecule has 0 aromatic carbocycles. The molecule has 0 aliphatic carbocycles. The van der Waals surface area contributed by atoms with E-state index in [2.05, 4.69) is 0 Å². The Labute approximate surface area is 78.4 Å². The van der Waals surface area contributed by atoms with Gasteiger partial charge in [-0.25, -0.2) is 8.42 Å². The topological polar surface area (TPSA) is 74.7 Å². The molecule has 78 valence electrons. The van der Waals surface area contributed by atoms with E-state index in [1.54, 1.807) is 13.8 Å². The van der Waals surface area contributed by atoms with Gasteiger partial charge in [0.25, 0.3) is 0 Å². The van der Waals surface area contributed by atoms with Crippen LogP contribution < -0.4 is 0 Å². The molecule has 0 saturated carbocycles. The minimum atomic E-state index is -3.44. The van der Waals surface area contributed by atoms with Crippen LogP contribution in [-0.2, 0) is 14.8 Å². The Morgan fingerprint density at radius 3 is 1.85 bits per heavy atom. The second kappa shape index (κ2) is 4.06. The van der Waals surface area contributed by atoms with Crippen LogP contribution in [0.25, 0.3) is 0 Å². The van der Waals surface area contributed by atoms with Crippen molar-refractivity contribution in [2.75, 3.05) is 13.3 Å². The maximum absolute atomic E-state index is 11.0. The van der Waals surface area contributed by atoms with E-state index in [1.807, 2.05) is 0 Å². The van der Waals surface area contributed by atoms with Crippen molar-refractivity contribution in [2.45, 2.75) is 19.9 Å². The first-order valence-corrected chi connectivity index (χ1v) is 5.68. The summed E-state index contributed by atoms with van der Waals surface area (Å²) in [5.41, 5.74) is 0. The average molecular weight is 209 g/mol. The summed E-state index contributed by atoms with van der Waals surface area (Å²) < 4.78 is 23.0. The van der Waals surface area contributed by atoms with Gasteiger partial charge < -0.3 is 5.11 Å². The molecule has 0 aromatic heterocycles. The number of likely N-dealkylation sites (N-methyl/N-ethyl adjacent to an activating group) is 1. The summed E-state index contributed by atoms with van der Waals surface area (Å²) in [6.45, 7) is 3.33. The van der Waals surface area contributed by atoms with E-state index in [4.69, 9.17) is 5.11 Å². The first-order chi connectivity index (χ1) is 5.68. The molecule has 0 amide bonds. The monoisotopic (exact) mass is 209 g/mol. The van der Waals surface area contributed by atoms with Crippen molar-refractivity contribution in [2.24, 2.45) is 5.92 Å². The molecule has 6 heteroatoms. The fourth-order valence-electron chi connectivity index (χ4n) is 1.07. The van der Waals surface area contributed by atoms with Crippen molar-refractivity contribution < 1.29 is 18.3 Å². The lowest BCUT2D eigenvalue weighted by Gasteiger charge is -2.25. The third-order valence-corrected chi connectivity index (χ3v) is 3.07. The Hall–Kier alpha value is -0.620. The minimum Gasteiger partial charge on any atom is -0.480 e. The zero-order valence-electron chi connectivity index (χ0n) is 8.18. The van der Waals surface area contributed by atoms with Gasteiger partial charge in [-0.2, -0.15) is 4.31 Å². The molecular formula is C7H15NO4S. The van der Waals surface area contributed by atoms with Crippen molar-refractivity contribution >= 4 is 16.0 Å². The summed E-state index contributed by atoms with van der Waals surface area (Å²) in [4.78, 5) is 10.7. The second-order valence-electron chi connectivity index (χ2n) is 3.31. The van der Waals surface area contributed by atoms with Gasteiger partial charge in [0.1, 0.15) is 6.04 Å². The molecule has 0 rings (SSSR count). The first-order valence-electron chi connectivity index (χ1n) is 3.83. The van der Waals surface area contributed by atoms with Gasteiger partial charge in [0.2, 0.25) is 10.0 Å². The molecule has 0 fully saturated rings. The largest absolute Gasteiger partial charge is 0.480 e. The molecule has 1 atom stereocenters. The summed E-state index contributed by atoms with van der Waals surface area (Å²) in [6, 6.07) is -0.991. The number of carboxylic acids is 1. The number of hydrogen-bond acceptors (Lipinski definition) is 3. The van der Waals surface area contributed by atoms with E-state index in [0.29, 0.717) is 0 Å². The second-order valence-corrected chi connectivity index (χ2v) is 5.35. The molecule has 0 heterocycles. The van der Waals surface area contributed by atoms with E-state index in [1.165, 1.54) is 7.05 Å². The van der Waals surface area contributed by atoms with Gasteiger partial charge in [0.15, 0.2) is 0 Å². The molecule has 5 nitrogen and oxygen atoms in total. The van der Waals surface area contributed by atoms with Crippen LogP contribution in [0.4, 0.5) is 0 Å². The average Bonchev–Trinajstić information content (AvgIpc) is 1.82. The zero-order chi connectivity index (χ0) is 10.8. The fourth-order valence-corrected chi connectivity index (χ4v) is 1.81. The van der Waals surface area contributed by atoms with Crippen molar-refractivity contribution in [1.29, 1.82) is 0 Å². The number of sulfonamides is 1. The van der Waals surface area contributed by atoms with Crippen LogP contribution in [0, 0.1) is 5.92 Å². The molecule has 0 saturated heterocycles. The molecule has 0 bridgehead atoms.